The maximum Gasteiger partial charge on any atom is 0.254 e. The van der Waals surface area contributed by atoms with E-state index < -0.39 is 6.23 Å². The highest BCUT2D eigenvalue weighted by Gasteiger charge is 2.34. The normalized spacial score (nSPS) is 16.9. The summed E-state index contributed by atoms with van der Waals surface area (Å²) >= 11 is 5.92. The van der Waals surface area contributed by atoms with E-state index in [-0.39, 0.29) is 12.5 Å². The fraction of sp³-hybridized carbons (Fsp3) is 0.250. The van der Waals surface area contributed by atoms with Gasteiger partial charge in [0.05, 0.1) is 6.26 Å². The molecule has 0 fully saturated rings. The van der Waals surface area contributed by atoms with Crippen LogP contribution in [0, 0.1) is 6.92 Å². The van der Waals surface area contributed by atoms with Crippen molar-refractivity contribution in [2.45, 2.75) is 20.1 Å². The molecule has 1 atom stereocenters. The lowest BCUT2D eigenvalue weighted by atomic mass is 10.2. The lowest BCUT2D eigenvalue weighted by Gasteiger charge is -2.16. The number of hydrazone groups is 1. The van der Waals surface area contributed by atoms with E-state index in [1.54, 1.807) is 24.3 Å². The third-order valence-electron chi connectivity index (χ3n) is 3.29. The van der Waals surface area contributed by atoms with Crippen molar-refractivity contribution in [2.24, 2.45) is 5.10 Å². The lowest BCUT2D eigenvalue weighted by molar-refractivity contribution is -0.136. The molecule has 120 valence electrons. The first kappa shape index (κ1) is 15.4. The number of carbonyl (C=O) groups is 1. The van der Waals surface area contributed by atoms with Crippen LogP contribution in [-0.2, 0) is 9.53 Å². The summed E-state index contributed by atoms with van der Waals surface area (Å²) in [4.78, 5) is 11.7. The molecular weight excluding hydrogens is 320 g/mol. The summed E-state index contributed by atoms with van der Waals surface area (Å²) < 4.78 is 16.7. The molecule has 2 aromatic rings. The van der Waals surface area contributed by atoms with Crippen LogP contribution in [0.3, 0.4) is 0 Å². The molecule has 0 spiro atoms. The lowest BCUT2D eigenvalue weighted by Crippen LogP contribution is -2.24. The average Bonchev–Trinajstić information content (AvgIpc) is 3.15. The Morgan fingerprint density at radius 3 is 2.91 bits per heavy atom. The quantitative estimate of drug-likeness (QED) is 0.858. The molecule has 0 radical (unpaired) electrons. The number of carbonyl (C=O) groups excluding carboxylic acids is 1. The van der Waals surface area contributed by atoms with Crippen LogP contribution in [0.4, 0.5) is 0 Å². The molecule has 0 aliphatic carbocycles. The zero-order valence-corrected chi connectivity index (χ0v) is 13.4. The summed E-state index contributed by atoms with van der Waals surface area (Å²) in [5.41, 5.74) is 0.905. The van der Waals surface area contributed by atoms with E-state index in [1.165, 1.54) is 18.2 Å². The van der Waals surface area contributed by atoms with Gasteiger partial charge >= 0.3 is 0 Å². The molecule has 0 unspecified atom stereocenters. The molecule has 2 heterocycles. The highest BCUT2D eigenvalue weighted by molar-refractivity contribution is 6.30. The molecule has 7 heteroatoms. The Bertz CT molecular complexity index is 743. The Kier molecular flexibility index (Phi) is 4.25. The van der Waals surface area contributed by atoms with Crippen LogP contribution in [0.2, 0.25) is 5.02 Å². The van der Waals surface area contributed by atoms with E-state index in [1.807, 2.05) is 13.0 Å². The predicted molar refractivity (Wildman–Crippen MR) is 84.2 cm³/mol. The number of aryl methyl sites for hydroxylation is 1. The topological polar surface area (TPSA) is 64.3 Å². The van der Waals surface area contributed by atoms with Crippen LogP contribution in [0.1, 0.15) is 24.5 Å². The molecule has 6 nitrogen and oxygen atoms in total. The molecule has 1 aromatic carbocycles. The van der Waals surface area contributed by atoms with Crippen LogP contribution >= 0.6 is 11.6 Å². The number of furan rings is 1. The zero-order chi connectivity index (χ0) is 16.4. The molecule has 1 aromatic heterocycles. The molecular formula is C16H15ClN2O4. The SMILES string of the molecule is CC(=O)N1N=C(COc2ccc(Cl)cc2C)O[C@H]1c1ccco1. The summed E-state index contributed by atoms with van der Waals surface area (Å²) in [5, 5.41) is 6.03. The first-order valence-electron chi connectivity index (χ1n) is 7.01. The van der Waals surface area contributed by atoms with Crippen LogP contribution < -0.4 is 4.74 Å². The van der Waals surface area contributed by atoms with E-state index in [9.17, 15) is 4.79 Å². The van der Waals surface area contributed by atoms with Gasteiger partial charge in [-0.1, -0.05) is 11.6 Å². The van der Waals surface area contributed by atoms with E-state index in [0.717, 1.165) is 5.56 Å². The molecule has 0 saturated carbocycles. The Labute approximate surface area is 138 Å². The van der Waals surface area contributed by atoms with Crippen molar-refractivity contribution in [3.8, 4) is 5.75 Å². The predicted octanol–water partition coefficient (Wildman–Crippen LogP) is 3.51. The monoisotopic (exact) mass is 334 g/mol. The minimum absolute atomic E-state index is 0.101. The van der Waals surface area contributed by atoms with Gasteiger partial charge in [0.1, 0.15) is 5.75 Å². The van der Waals surface area contributed by atoms with E-state index in [4.69, 9.17) is 25.5 Å². The Hall–Kier alpha value is -2.47. The van der Waals surface area contributed by atoms with Crippen molar-refractivity contribution < 1.29 is 18.7 Å². The number of hydrogen-bond acceptors (Lipinski definition) is 5. The molecule has 1 amide bonds. The van der Waals surface area contributed by atoms with Gasteiger partial charge in [-0.05, 0) is 42.8 Å². The van der Waals surface area contributed by atoms with E-state index in [0.29, 0.717) is 22.4 Å². The number of halogens is 1. The number of rotatable bonds is 4. The van der Waals surface area contributed by atoms with E-state index in [2.05, 4.69) is 5.10 Å². The number of ether oxygens (including phenoxy) is 2. The minimum atomic E-state index is -0.701. The van der Waals surface area contributed by atoms with Crippen molar-refractivity contribution in [3.63, 3.8) is 0 Å². The maximum atomic E-state index is 11.7. The van der Waals surface area contributed by atoms with Gasteiger partial charge in [0.2, 0.25) is 11.8 Å². The van der Waals surface area contributed by atoms with Gasteiger partial charge in [0.15, 0.2) is 12.4 Å². The van der Waals surface area contributed by atoms with E-state index >= 15 is 0 Å². The third kappa shape index (κ3) is 3.32. The molecule has 0 saturated heterocycles. The first-order valence-corrected chi connectivity index (χ1v) is 7.38. The summed E-state index contributed by atoms with van der Waals surface area (Å²) in [6.45, 7) is 3.41. The first-order chi connectivity index (χ1) is 11.0. The maximum absolute atomic E-state index is 11.7. The van der Waals surface area contributed by atoms with Crippen LogP contribution in [0.25, 0.3) is 0 Å². The van der Waals surface area contributed by atoms with Crippen LogP contribution in [0.5, 0.6) is 5.75 Å². The Morgan fingerprint density at radius 1 is 1.43 bits per heavy atom. The van der Waals surface area contributed by atoms with Crippen molar-refractivity contribution in [1.82, 2.24) is 5.01 Å². The molecule has 0 N–H and O–H groups in total. The smallest absolute Gasteiger partial charge is 0.254 e. The van der Waals surface area contributed by atoms with Gasteiger partial charge in [-0.2, -0.15) is 5.01 Å². The fourth-order valence-electron chi connectivity index (χ4n) is 2.20. The summed E-state index contributed by atoms with van der Waals surface area (Å²) in [7, 11) is 0. The van der Waals surface area contributed by atoms with Crippen molar-refractivity contribution in [1.29, 1.82) is 0 Å². The van der Waals surface area contributed by atoms with Gasteiger partial charge in [0.25, 0.3) is 6.23 Å². The number of amides is 1. The highest BCUT2D eigenvalue weighted by atomic mass is 35.5. The van der Waals surface area contributed by atoms with Crippen molar-refractivity contribution >= 4 is 23.4 Å². The number of benzene rings is 1. The summed E-state index contributed by atoms with van der Waals surface area (Å²) in [6.07, 6.45) is 0.815. The summed E-state index contributed by atoms with van der Waals surface area (Å²) in [6, 6.07) is 8.78. The average molecular weight is 335 g/mol. The molecule has 1 aliphatic heterocycles. The van der Waals surface area contributed by atoms with Crippen molar-refractivity contribution in [3.05, 3.63) is 52.9 Å². The van der Waals surface area contributed by atoms with Gasteiger partial charge in [-0.3, -0.25) is 4.79 Å². The molecule has 3 rings (SSSR count). The second kappa shape index (κ2) is 6.34. The fourth-order valence-corrected chi connectivity index (χ4v) is 2.42. The zero-order valence-electron chi connectivity index (χ0n) is 12.7. The largest absolute Gasteiger partial charge is 0.484 e. The minimum Gasteiger partial charge on any atom is -0.484 e. The standard InChI is InChI=1S/C16H15ClN2O4/c1-10-8-12(17)5-6-13(10)22-9-15-18-19(11(2)20)16(23-15)14-4-3-7-21-14/h3-8,16H,9H2,1-2H3/t16-/m0/s1. The highest BCUT2D eigenvalue weighted by Crippen LogP contribution is 2.29. The summed E-state index contributed by atoms with van der Waals surface area (Å²) in [5.74, 6) is 1.23. The van der Waals surface area contributed by atoms with Gasteiger partial charge in [-0.15, -0.1) is 5.10 Å². The third-order valence-corrected chi connectivity index (χ3v) is 3.52. The number of nitrogens with zero attached hydrogens (tertiary/aromatic N) is 2. The molecule has 23 heavy (non-hydrogen) atoms. The van der Waals surface area contributed by atoms with Gasteiger partial charge in [-0.25, -0.2) is 0 Å². The second-order valence-corrected chi connectivity index (χ2v) is 5.48. The van der Waals surface area contributed by atoms with Crippen LogP contribution in [-0.4, -0.2) is 23.4 Å². The Morgan fingerprint density at radius 2 is 2.26 bits per heavy atom. The van der Waals surface area contributed by atoms with Crippen molar-refractivity contribution in [2.75, 3.05) is 6.61 Å². The molecule has 1 aliphatic rings. The van der Waals surface area contributed by atoms with Gasteiger partial charge in [0, 0.05) is 11.9 Å². The Balaban J connectivity index is 1.71. The van der Waals surface area contributed by atoms with Gasteiger partial charge < -0.3 is 13.9 Å². The number of hydrogen-bond donors (Lipinski definition) is 0. The second-order valence-electron chi connectivity index (χ2n) is 5.04. The van der Waals surface area contributed by atoms with Crippen LogP contribution in [0.15, 0.2) is 46.1 Å². The molecule has 0 bridgehead atoms.